The normalized spacial score (nSPS) is 16.8. The number of benzene rings is 1. The molecule has 0 saturated heterocycles. The minimum Gasteiger partial charge on any atom is -0.0725 e. The van der Waals surface area contributed by atoms with Crippen molar-refractivity contribution in [1.29, 1.82) is 0 Å². The summed E-state index contributed by atoms with van der Waals surface area (Å²) in [6.45, 7) is 0. The van der Waals surface area contributed by atoms with Crippen LogP contribution in [-0.4, -0.2) is 0 Å². The lowest BCUT2D eigenvalue weighted by Gasteiger charge is -2.19. The van der Waals surface area contributed by atoms with E-state index in [2.05, 4.69) is 24.3 Å². The standard InChI is InChI=1S/C10H8/c1-2-8-4-6-10(8)9-5-3-7(1)9/h1-4H,5-6H2. The van der Waals surface area contributed by atoms with Crippen LogP contribution in [-0.2, 0) is 12.8 Å². The highest BCUT2D eigenvalue weighted by atomic mass is 14.2. The third-order valence-electron chi connectivity index (χ3n) is 2.56. The molecule has 3 rings (SSSR count). The van der Waals surface area contributed by atoms with Crippen LogP contribution in [0.5, 0.6) is 0 Å². The Morgan fingerprint density at radius 1 is 0.800 bits per heavy atom. The molecular weight excluding hydrogens is 120 g/mol. The van der Waals surface area contributed by atoms with Gasteiger partial charge in [-0.1, -0.05) is 24.3 Å². The number of fused-ring (bicyclic) bond motifs is 3. The Labute approximate surface area is 59.5 Å². The van der Waals surface area contributed by atoms with E-state index in [1.54, 1.807) is 11.1 Å². The van der Waals surface area contributed by atoms with Crippen molar-refractivity contribution in [1.82, 2.24) is 0 Å². The summed E-state index contributed by atoms with van der Waals surface area (Å²) in [5, 5.41) is 2.96. The average Bonchev–Trinajstić information content (AvgIpc) is 1.84. The summed E-state index contributed by atoms with van der Waals surface area (Å²) < 4.78 is 0. The summed E-state index contributed by atoms with van der Waals surface area (Å²) in [5.41, 5.74) is 3.22. The fourth-order valence-corrected chi connectivity index (χ4v) is 1.76. The third kappa shape index (κ3) is 0.367. The average molecular weight is 128 g/mol. The molecule has 0 fully saturated rings. The van der Waals surface area contributed by atoms with Gasteiger partial charge in [-0.15, -0.1) is 0 Å². The van der Waals surface area contributed by atoms with Crippen LogP contribution in [0.2, 0.25) is 0 Å². The first-order chi connectivity index (χ1) is 4.95. The van der Waals surface area contributed by atoms with Gasteiger partial charge in [0.15, 0.2) is 0 Å². The molecule has 0 amide bonds. The Balaban J connectivity index is 2.60. The monoisotopic (exact) mass is 128 g/mol. The summed E-state index contributed by atoms with van der Waals surface area (Å²) >= 11 is 0. The lowest BCUT2D eigenvalue weighted by atomic mass is 9.86. The molecule has 0 N–H and O–H groups in total. The molecule has 0 aromatic heterocycles. The van der Waals surface area contributed by atoms with Crippen molar-refractivity contribution >= 4 is 12.2 Å². The van der Waals surface area contributed by atoms with Gasteiger partial charge in [0.1, 0.15) is 0 Å². The van der Waals surface area contributed by atoms with E-state index in [0.717, 1.165) is 0 Å². The molecule has 0 radical (unpaired) electrons. The molecule has 0 heteroatoms. The molecule has 0 heterocycles. The van der Waals surface area contributed by atoms with Gasteiger partial charge >= 0.3 is 0 Å². The van der Waals surface area contributed by atoms with Crippen LogP contribution in [0.15, 0.2) is 12.1 Å². The predicted molar refractivity (Wildman–Crippen MR) is 42.0 cm³/mol. The van der Waals surface area contributed by atoms with Crippen LogP contribution in [0.3, 0.4) is 0 Å². The number of rotatable bonds is 0. The quantitative estimate of drug-likeness (QED) is 0.473. The van der Waals surface area contributed by atoms with Gasteiger partial charge in [-0.3, -0.25) is 0 Å². The number of hydrogen-bond donors (Lipinski definition) is 0. The highest BCUT2D eigenvalue weighted by Crippen LogP contribution is 2.12. The third-order valence-corrected chi connectivity index (χ3v) is 2.56. The fourth-order valence-electron chi connectivity index (χ4n) is 1.76. The van der Waals surface area contributed by atoms with Crippen molar-refractivity contribution in [2.75, 3.05) is 0 Å². The number of hydrogen-bond acceptors (Lipinski definition) is 0. The Kier molecular flexibility index (Phi) is 0.634. The molecule has 0 atom stereocenters. The van der Waals surface area contributed by atoms with Crippen molar-refractivity contribution in [3.8, 4) is 0 Å². The van der Waals surface area contributed by atoms with Gasteiger partial charge < -0.3 is 0 Å². The zero-order valence-electron chi connectivity index (χ0n) is 5.72. The van der Waals surface area contributed by atoms with Crippen molar-refractivity contribution in [2.45, 2.75) is 12.8 Å². The SMILES string of the molecule is C1=c2ccc3c(c2C1)CC=3. The van der Waals surface area contributed by atoms with Crippen LogP contribution < -0.4 is 10.4 Å². The first kappa shape index (κ1) is 4.73. The molecule has 0 unspecified atom stereocenters. The van der Waals surface area contributed by atoms with Crippen LogP contribution in [0.1, 0.15) is 11.1 Å². The minimum absolute atomic E-state index is 1.21. The van der Waals surface area contributed by atoms with Gasteiger partial charge in [0.2, 0.25) is 0 Å². The second-order valence-corrected chi connectivity index (χ2v) is 3.02. The Morgan fingerprint density at radius 2 is 1.30 bits per heavy atom. The summed E-state index contributed by atoms with van der Waals surface area (Å²) in [6.07, 6.45) is 7.03. The molecule has 1 aromatic rings. The predicted octanol–water partition coefficient (Wildman–Crippen LogP) is 0.360. The Bertz CT molecular complexity index is 369. The summed E-state index contributed by atoms with van der Waals surface area (Å²) in [6, 6.07) is 4.46. The summed E-state index contributed by atoms with van der Waals surface area (Å²) in [7, 11) is 0. The van der Waals surface area contributed by atoms with Crippen molar-refractivity contribution in [2.24, 2.45) is 0 Å². The maximum Gasteiger partial charge on any atom is -0.00795 e. The van der Waals surface area contributed by atoms with E-state index < -0.39 is 0 Å². The summed E-state index contributed by atoms with van der Waals surface area (Å²) in [4.78, 5) is 0. The highest BCUT2D eigenvalue weighted by Gasteiger charge is 2.13. The molecular formula is C10H8. The van der Waals surface area contributed by atoms with E-state index in [4.69, 9.17) is 0 Å². The Morgan fingerprint density at radius 3 is 1.60 bits per heavy atom. The topological polar surface area (TPSA) is 0 Å². The van der Waals surface area contributed by atoms with Gasteiger partial charge in [0, 0.05) is 0 Å². The molecule has 0 aliphatic heterocycles. The molecule has 0 saturated carbocycles. The zero-order valence-corrected chi connectivity index (χ0v) is 5.72. The molecule has 1 aromatic carbocycles. The van der Waals surface area contributed by atoms with E-state index in [-0.39, 0.29) is 0 Å². The van der Waals surface area contributed by atoms with Gasteiger partial charge in [0.25, 0.3) is 0 Å². The Hall–Kier alpha value is -1.04. The van der Waals surface area contributed by atoms with E-state index >= 15 is 0 Å². The smallest absolute Gasteiger partial charge is 0.00795 e. The molecule has 2 aliphatic rings. The lowest BCUT2D eigenvalue weighted by molar-refractivity contribution is 1.07. The van der Waals surface area contributed by atoms with Crippen molar-refractivity contribution < 1.29 is 0 Å². The summed E-state index contributed by atoms with van der Waals surface area (Å²) in [5.74, 6) is 0. The van der Waals surface area contributed by atoms with Crippen molar-refractivity contribution in [3.05, 3.63) is 33.7 Å². The maximum absolute atomic E-state index is 2.30. The molecule has 2 aliphatic carbocycles. The molecule has 0 nitrogen and oxygen atoms in total. The van der Waals surface area contributed by atoms with Gasteiger partial charge in [-0.2, -0.15) is 0 Å². The second-order valence-electron chi connectivity index (χ2n) is 3.02. The van der Waals surface area contributed by atoms with E-state index in [1.165, 1.54) is 23.3 Å². The maximum atomic E-state index is 2.30. The van der Waals surface area contributed by atoms with Crippen molar-refractivity contribution in [3.63, 3.8) is 0 Å². The fraction of sp³-hybridized carbons (Fsp3) is 0.200. The minimum atomic E-state index is 1.21. The molecule has 10 heavy (non-hydrogen) atoms. The van der Waals surface area contributed by atoms with Gasteiger partial charge in [0.05, 0.1) is 0 Å². The second kappa shape index (κ2) is 1.34. The van der Waals surface area contributed by atoms with Crippen LogP contribution in [0, 0.1) is 0 Å². The zero-order chi connectivity index (χ0) is 6.55. The van der Waals surface area contributed by atoms with Gasteiger partial charge in [-0.25, -0.2) is 0 Å². The largest absolute Gasteiger partial charge is 0.0725 e. The highest BCUT2D eigenvalue weighted by molar-refractivity contribution is 5.57. The van der Waals surface area contributed by atoms with E-state index in [0.29, 0.717) is 0 Å². The molecule has 48 valence electrons. The lowest BCUT2D eigenvalue weighted by Crippen LogP contribution is -2.31. The van der Waals surface area contributed by atoms with Crippen LogP contribution in [0.4, 0.5) is 0 Å². The van der Waals surface area contributed by atoms with E-state index in [9.17, 15) is 0 Å². The van der Waals surface area contributed by atoms with Crippen LogP contribution in [0.25, 0.3) is 12.2 Å². The van der Waals surface area contributed by atoms with Crippen LogP contribution >= 0.6 is 0 Å². The molecule has 0 spiro atoms. The first-order valence-corrected chi connectivity index (χ1v) is 3.76. The van der Waals surface area contributed by atoms with Gasteiger partial charge in [-0.05, 0) is 34.4 Å². The molecule has 0 bridgehead atoms. The van der Waals surface area contributed by atoms with E-state index in [1.807, 2.05) is 0 Å². The first-order valence-electron chi connectivity index (χ1n) is 3.76.